The highest BCUT2D eigenvalue weighted by Gasteiger charge is 2.37. The van der Waals surface area contributed by atoms with Gasteiger partial charge in [0, 0.05) is 23.8 Å². The minimum atomic E-state index is 0.409. The SMILES string of the molecule is CCC1(CCC2(C)SCCS2)NCCS1. The number of nitrogens with one attached hydrogen (secondary N) is 1. The van der Waals surface area contributed by atoms with E-state index in [1.54, 1.807) is 0 Å². The van der Waals surface area contributed by atoms with E-state index in [4.69, 9.17) is 0 Å². The zero-order valence-corrected chi connectivity index (χ0v) is 12.1. The summed E-state index contributed by atoms with van der Waals surface area (Å²) in [5.41, 5.74) is 0. The van der Waals surface area contributed by atoms with Crippen molar-refractivity contribution >= 4 is 35.3 Å². The topological polar surface area (TPSA) is 12.0 Å². The summed E-state index contributed by atoms with van der Waals surface area (Å²) in [4.78, 5) is 0.409. The van der Waals surface area contributed by atoms with Gasteiger partial charge < -0.3 is 5.32 Å². The fourth-order valence-corrected chi connectivity index (χ4v) is 6.38. The van der Waals surface area contributed by atoms with E-state index < -0.39 is 0 Å². The molecule has 0 aromatic rings. The largest absolute Gasteiger partial charge is 0.302 e. The molecular weight excluding hydrogens is 242 g/mol. The summed E-state index contributed by atoms with van der Waals surface area (Å²) in [5, 5.41) is 3.71. The lowest BCUT2D eigenvalue weighted by Gasteiger charge is -2.31. The van der Waals surface area contributed by atoms with Gasteiger partial charge in [0.25, 0.3) is 0 Å². The van der Waals surface area contributed by atoms with Crippen LogP contribution in [-0.4, -0.2) is 32.8 Å². The van der Waals surface area contributed by atoms with Crippen LogP contribution in [-0.2, 0) is 0 Å². The summed E-state index contributed by atoms with van der Waals surface area (Å²) in [5.74, 6) is 3.99. The van der Waals surface area contributed by atoms with Gasteiger partial charge >= 0.3 is 0 Å². The van der Waals surface area contributed by atoms with E-state index in [0.29, 0.717) is 8.95 Å². The Kier molecular flexibility index (Phi) is 4.25. The summed E-state index contributed by atoms with van der Waals surface area (Å²) in [6.07, 6.45) is 3.96. The first-order chi connectivity index (χ1) is 7.18. The Hall–Kier alpha value is 1.01. The van der Waals surface area contributed by atoms with Crippen molar-refractivity contribution in [2.75, 3.05) is 23.8 Å². The second kappa shape index (κ2) is 5.11. The van der Waals surface area contributed by atoms with Gasteiger partial charge in [0.1, 0.15) is 0 Å². The maximum atomic E-state index is 3.71. The molecule has 2 aliphatic heterocycles. The first kappa shape index (κ1) is 12.5. The quantitative estimate of drug-likeness (QED) is 0.834. The van der Waals surface area contributed by atoms with Crippen molar-refractivity contribution in [3.8, 4) is 0 Å². The van der Waals surface area contributed by atoms with Crippen LogP contribution in [0.15, 0.2) is 0 Å². The van der Waals surface area contributed by atoms with Crippen molar-refractivity contribution in [2.45, 2.75) is 42.1 Å². The van der Waals surface area contributed by atoms with Gasteiger partial charge in [-0.2, -0.15) is 0 Å². The molecule has 0 spiro atoms. The van der Waals surface area contributed by atoms with Crippen molar-refractivity contribution in [2.24, 2.45) is 0 Å². The molecule has 2 rings (SSSR count). The molecule has 0 aromatic carbocycles. The highest BCUT2D eigenvalue weighted by molar-refractivity contribution is 8.21. The lowest BCUT2D eigenvalue weighted by molar-refractivity contribution is 0.437. The fraction of sp³-hybridized carbons (Fsp3) is 1.00. The third-order valence-corrected chi connectivity index (χ3v) is 8.39. The van der Waals surface area contributed by atoms with E-state index >= 15 is 0 Å². The molecule has 1 nitrogen and oxygen atoms in total. The molecule has 2 fully saturated rings. The van der Waals surface area contributed by atoms with Crippen LogP contribution in [0, 0.1) is 0 Å². The van der Waals surface area contributed by atoms with E-state index in [2.05, 4.69) is 54.4 Å². The Morgan fingerprint density at radius 1 is 1.07 bits per heavy atom. The van der Waals surface area contributed by atoms with E-state index in [9.17, 15) is 0 Å². The number of hydrogen-bond acceptors (Lipinski definition) is 4. The Labute approximate surface area is 106 Å². The normalized spacial score (nSPS) is 34.8. The molecule has 2 heterocycles. The molecule has 15 heavy (non-hydrogen) atoms. The standard InChI is InChI=1S/C11H21NS3/c1-3-11(12-6-7-15-11)5-4-10(2)13-8-9-14-10/h12H,3-9H2,1-2H3. The summed E-state index contributed by atoms with van der Waals surface area (Å²) in [7, 11) is 0. The average molecular weight is 263 g/mol. The van der Waals surface area contributed by atoms with Gasteiger partial charge in [-0.25, -0.2) is 0 Å². The monoisotopic (exact) mass is 263 g/mol. The summed E-state index contributed by atoms with van der Waals surface area (Å²) >= 11 is 6.47. The van der Waals surface area contributed by atoms with Crippen LogP contribution in [0.4, 0.5) is 0 Å². The smallest absolute Gasteiger partial charge is 0.0644 e. The van der Waals surface area contributed by atoms with Gasteiger partial charge in [-0.15, -0.1) is 35.3 Å². The van der Waals surface area contributed by atoms with Gasteiger partial charge in [0.05, 0.1) is 8.95 Å². The molecule has 0 bridgehead atoms. The molecule has 0 saturated carbocycles. The molecule has 0 amide bonds. The number of hydrogen-bond donors (Lipinski definition) is 1. The summed E-state index contributed by atoms with van der Waals surface area (Å²) < 4.78 is 0.507. The van der Waals surface area contributed by atoms with E-state index in [1.165, 1.54) is 43.1 Å². The summed E-state index contributed by atoms with van der Waals surface area (Å²) in [6, 6.07) is 0. The Bertz CT molecular complexity index is 208. The van der Waals surface area contributed by atoms with Gasteiger partial charge in [-0.1, -0.05) is 6.92 Å². The molecule has 2 aliphatic rings. The van der Waals surface area contributed by atoms with Crippen molar-refractivity contribution in [1.29, 1.82) is 0 Å². The molecule has 1 N–H and O–H groups in total. The Morgan fingerprint density at radius 3 is 2.33 bits per heavy atom. The lowest BCUT2D eigenvalue weighted by Crippen LogP contribution is -2.37. The van der Waals surface area contributed by atoms with Crippen molar-refractivity contribution in [3.05, 3.63) is 0 Å². The fourth-order valence-electron chi connectivity index (χ4n) is 2.27. The Balaban J connectivity index is 1.85. The van der Waals surface area contributed by atoms with Crippen LogP contribution in [0.2, 0.25) is 0 Å². The van der Waals surface area contributed by atoms with Crippen molar-refractivity contribution in [3.63, 3.8) is 0 Å². The molecule has 0 aliphatic carbocycles. The first-order valence-electron chi connectivity index (χ1n) is 5.85. The maximum absolute atomic E-state index is 3.71. The van der Waals surface area contributed by atoms with Crippen LogP contribution < -0.4 is 5.32 Å². The van der Waals surface area contributed by atoms with E-state index in [0.717, 1.165) is 0 Å². The second-order valence-electron chi connectivity index (χ2n) is 4.45. The second-order valence-corrected chi connectivity index (χ2v) is 9.39. The van der Waals surface area contributed by atoms with E-state index in [1.807, 2.05) is 0 Å². The van der Waals surface area contributed by atoms with Crippen LogP contribution in [0.25, 0.3) is 0 Å². The lowest BCUT2D eigenvalue weighted by atomic mass is 10.1. The molecule has 0 aromatic heterocycles. The minimum Gasteiger partial charge on any atom is -0.302 e. The number of rotatable bonds is 4. The summed E-state index contributed by atoms with van der Waals surface area (Å²) in [6.45, 7) is 5.95. The molecule has 1 unspecified atom stereocenters. The van der Waals surface area contributed by atoms with Crippen LogP contribution in [0.5, 0.6) is 0 Å². The Morgan fingerprint density at radius 2 is 1.80 bits per heavy atom. The van der Waals surface area contributed by atoms with Gasteiger partial charge in [0.15, 0.2) is 0 Å². The molecule has 1 atom stereocenters. The van der Waals surface area contributed by atoms with Gasteiger partial charge in [-0.3, -0.25) is 0 Å². The van der Waals surface area contributed by atoms with Crippen LogP contribution in [0.3, 0.4) is 0 Å². The highest BCUT2D eigenvalue weighted by Crippen LogP contribution is 2.49. The predicted molar refractivity (Wildman–Crippen MR) is 76.0 cm³/mol. The zero-order chi connectivity index (χ0) is 10.8. The van der Waals surface area contributed by atoms with Gasteiger partial charge in [0.2, 0.25) is 0 Å². The average Bonchev–Trinajstić information content (AvgIpc) is 2.86. The maximum Gasteiger partial charge on any atom is 0.0644 e. The highest BCUT2D eigenvalue weighted by atomic mass is 32.2. The van der Waals surface area contributed by atoms with Crippen molar-refractivity contribution in [1.82, 2.24) is 5.32 Å². The number of thioether (sulfide) groups is 3. The van der Waals surface area contributed by atoms with Crippen LogP contribution >= 0.6 is 35.3 Å². The van der Waals surface area contributed by atoms with Gasteiger partial charge in [-0.05, 0) is 26.2 Å². The molecular formula is C11H21NS3. The van der Waals surface area contributed by atoms with Crippen molar-refractivity contribution < 1.29 is 0 Å². The molecule has 2 saturated heterocycles. The molecule has 4 heteroatoms. The molecule has 88 valence electrons. The van der Waals surface area contributed by atoms with Crippen LogP contribution in [0.1, 0.15) is 33.1 Å². The first-order valence-corrected chi connectivity index (χ1v) is 8.81. The zero-order valence-electron chi connectivity index (χ0n) is 9.67. The molecule has 0 radical (unpaired) electrons. The third kappa shape index (κ3) is 3.02. The minimum absolute atomic E-state index is 0.409. The van der Waals surface area contributed by atoms with E-state index in [-0.39, 0.29) is 0 Å². The predicted octanol–water partition coefficient (Wildman–Crippen LogP) is 3.41. The third-order valence-electron chi connectivity index (χ3n) is 3.38.